The largest absolute Gasteiger partial charge is 0.504 e. The second kappa shape index (κ2) is 8.14. The summed E-state index contributed by atoms with van der Waals surface area (Å²) in [5.41, 5.74) is 0. The van der Waals surface area contributed by atoms with Crippen LogP contribution in [0, 0.1) is 0 Å². The first-order valence-corrected chi connectivity index (χ1v) is 5.90. The molecule has 0 aromatic carbocycles. The Hall–Kier alpha value is -0.470. The van der Waals surface area contributed by atoms with E-state index in [1.807, 2.05) is 0 Å². The lowest BCUT2D eigenvalue weighted by molar-refractivity contribution is -0.140. The first-order chi connectivity index (χ1) is 6.16. The molecule has 0 aliphatic rings. The highest BCUT2D eigenvalue weighted by Crippen LogP contribution is 2.15. The normalized spacial score (nSPS) is 11.1. The van der Waals surface area contributed by atoms with Crippen LogP contribution in [-0.2, 0) is 18.6 Å². The highest BCUT2D eigenvalue weighted by Gasteiger charge is 2.05. The minimum atomic E-state index is -1.48. The van der Waals surface area contributed by atoms with E-state index in [-0.39, 0.29) is 5.97 Å². The standard InChI is InChI=1S/C8H16O4P/c1-11-8(9)6-4-3-5-7-12-13(2)10/h3-7H2,1-2H3/q+1. The van der Waals surface area contributed by atoms with Crippen LogP contribution in [0.15, 0.2) is 0 Å². The molecule has 0 saturated heterocycles. The van der Waals surface area contributed by atoms with Crippen molar-refractivity contribution in [2.24, 2.45) is 0 Å². The average molecular weight is 207 g/mol. The van der Waals surface area contributed by atoms with Gasteiger partial charge in [0.15, 0.2) is 6.66 Å². The van der Waals surface area contributed by atoms with Gasteiger partial charge >= 0.3 is 14.0 Å². The number of carbonyl (C=O) groups excluding carboxylic acids is 1. The van der Waals surface area contributed by atoms with Crippen molar-refractivity contribution in [1.82, 2.24) is 0 Å². The van der Waals surface area contributed by atoms with Crippen molar-refractivity contribution in [3.8, 4) is 0 Å². The lowest BCUT2D eigenvalue weighted by Gasteiger charge is -1.97. The Balaban J connectivity index is 3.08. The van der Waals surface area contributed by atoms with E-state index in [1.54, 1.807) is 0 Å². The third-order valence-electron chi connectivity index (χ3n) is 1.53. The van der Waals surface area contributed by atoms with Crippen molar-refractivity contribution < 1.29 is 18.6 Å². The van der Waals surface area contributed by atoms with Gasteiger partial charge in [0.1, 0.15) is 6.61 Å². The predicted octanol–water partition coefficient (Wildman–Crippen LogP) is 2.11. The molecule has 0 radical (unpaired) electrons. The topological polar surface area (TPSA) is 52.6 Å². The second-order valence-electron chi connectivity index (χ2n) is 2.66. The van der Waals surface area contributed by atoms with Gasteiger partial charge in [0.05, 0.1) is 7.11 Å². The van der Waals surface area contributed by atoms with Crippen molar-refractivity contribution in [1.29, 1.82) is 0 Å². The minimum Gasteiger partial charge on any atom is -0.469 e. The van der Waals surface area contributed by atoms with Crippen molar-refractivity contribution in [2.75, 3.05) is 20.4 Å². The van der Waals surface area contributed by atoms with Crippen LogP contribution in [0.3, 0.4) is 0 Å². The van der Waals surface area contributed by atoms with Gasteiger partial charge in [-0.1, -0.05) is 6.42 Å². The van der Waals surface area contributed by atoms with Crippen LogP contribution >= 0.6 is 8.03 Å². The fourth-order valence-corrected chi connectivity index (χ4v) is 1.23. The monoisotopic (exact) mass is 207 g/mol. The molecule has 0 N–H and O–H groups in total. The average Bonchev–Trinajstić information content (AvgIpc) is 2.10. The summed E-state index contributed by atoms with van der Waals surface area (Å²) in [6.07, 6.45) is 3.00. The van der Waals surface area contributed by atoms with Crippen molar-refractivity contribution in [2.45, 2.75) is 25.7 Å². The van der Waals surface area contributed by atoms with Gasteiger partial charge in [-0.3, -0.25) is 4.79 Å². The summed E-state index contributed by atoms with van der Waals surface area (Å²) >= 11 is 0. The SMILES string of the molecule is COC(=O)CCCCCO[P+](C)=O. The summed E-state index contributed by atoms with van der Waals surface area (Å²) in [6.45, 7) is 2.04. The number of hydrogen-bond donors (Lipinski definition) is 0. The fourth-order valence-electron chi connectivity index (χ4n) is 0.843. The Morgan fingerprint density at radius 2 is 2.00 bits per heavy atom. The lowest BCUT2D eigenvalue weighted by atomic mass is 10.2. The number of rotatable bonds is 7. The van der Waals surface area contributed by atoms with Crippen LogP contribution in [0.25, 0.3) is 0 Å². The van der Waals surface area contributed by atoms with Crippen molar-refractivity contribution >= 4 is 14.0 Å². The molecule has 0 spiro atoms. The maximum atomic E-state index is 10.7. The van der Waals surface area contributed by atoms with Gasteiger partial charge in [-0.2, -0.15) is 0 Å². The molecule has 13 heavy (non-hydrogen) atoms. The Labute approximate surface area is 79.5 Å². The predicted molar refractivity (Wildman–Crippen MR) is 50.0 cm³/mol. The first kappa shape index (κ1) is 12.5. The lowest BCUT2D eigenvalue weighted by Crippen LogP contribution is -1.99. The van der Waals surface area contributed by atoms with Crippen LogP contribution in [-0.4, -0.2) is 26.4 Å². The molecule has 0 rings (SSSR count). The third-order valence-corrected chi connectivity index (χ3v) is 2.07. The molecule has 4 nitrogen and oxygen atoms in total. The van der Waals surface area contributed by atoms with Crippen LogP contribution < -0.4 is 0 Å². The Morgan fingerprint density at radius 1 is 1.31 bits per heavy atom. The Bertz CT molecular complexity index is 170. The number of hydrogen-bond acceptors (Lipinski definition) is 4. The van der Waals surface area contributed by atoms with Gasteiger partial charge in [0.2, 0.25) is 0 Å². The van der Waals surface area contributed by atoms with E-state index < -0.39 is 8.03 Å². The minimum absolute atomic E-state index is 0.178. The zero-order valence-electron chi connectivity index (χ0n) is 8.12. The van der Waals surface area contributed by atoms with Gasteiger partial charge in [-0.25, -0.2) is 0 Å². The number of carbonyl (C=O) groups is 1. The Kier molecular flexibility index (Phi) is 7.85. The molecule has 0 aliphatic carbocycles. The third kappa shape index (κ3) is 9.44. The summed E-state index contributed by atoms with van der Waals surface area (Å²) < 4.78 is 19.8. The smallest absolute Gasteiger partial charge is 0.469 e. The van der Waals surface area contributed by atoms with Gasteiger partial charge in [0, 0.05) is 6.42 Å². The summed E-state index contributed by atoms with van der Waals surface area (Å²) in [5, 5.41) is 0. The van der Waals surface area contributed by atoms with Crippen LogP contribution in [0.1, 0.15) is 25.7 Å². The molecule has 0 bridgehead atoms. The number of esters is 1. The number of methoxy groups -OCH3 is 1. The van der Waals surface area contributed by atoms with E-state index in [1.165, 1.54) is 13.8 Å². The molecule has 0 aromatic rings. The van der Waals surface area contributed by atoms with Crippen LogP contribution in [0.2, 0.25) is 0 Å². The zero-order chi connectivity index (χ0) is 10.1. The van der Waals surface area contributed by atoms with E-state index in [2.05, 4.69) is 4.74 Å². The van der Waals surface area contributed by atoms with E-state index >= 15 is 0 Å². The molecule has 1 atom stereocenters. The molecule has 0 amide bonds. The summed E-state index contributed by atoms with van der Waals surface area (Å²) in [6, 6.07) is 0. The number of ether oxygens (including phenoxy) is 1. The van der Waals surface area contributed by atoms with Gasteiger partial charge in [-0.05, 0) is 17.4 Å². The van der Waals surface area contributed by atoms with Gasteiger partial charge in [-0.15, -0.1) is 4.52 Å². The summed E-state index contributed by atoms with van der Waals surface area (Å²) in [7, 11) is -0.0964. The summed E-state index contributed by atoms with van der Waals surface area (Å²) in [5.74, 6) is -0.178. The maximum absolute atomic E-state index is 10.7. The van der Waals surface area contributed by atoms with Crippen molar-refractivity contribution in [3.05, 3.63) is 0 Å². The molecular formula is C8H16O4P+. The molecule has 76 valence electrons. The van der Waals surface area contributed by atoms with Crippen molar-refractivity contribution in [3.63, 3.8) is 0 Å². The quantitative estimate of drug-likeness (QED) is 0.364. The molecule has 0 aliphatic heterocycles. The van der Waals surface area contributed by atoms with Crippen LogP contribution in [0.4, 0.5) is 0 Å². The van der Waals surface area contributed by atoms with E-state index in [9.17, 15) is 9.36 Å². The molecular weight excluding hydrogens is 191 g/mol. The Morgan fingerprint density at radius 3 is 2.54 bits per heavy atom. The highest BCUT2D eigenvalue weighted by molar-refractivity contribution is 7.38. The second-order valence-corrected chi connectivity index (χ2v) is 3.80. The molecule has 0 saturated carbocycles. The molecule has 0 heterocycles. The van der Waals surface area contributed by atoms with Gasteiger partial charge < -0.3 is 4.74 Å². The highest BCUT2D eigenvalue weighted by atomic mass is 31.1. The van der Waals surface area contributed by atoms with Crippen LogP contribution in [0.5, 0.6) is 0 Å². The molecule has 1 unspecified atom stereocenters. The van der Waals surface area contributed by atoms with Gasteiger partial charge in [0.25, 0.3) is 0 Å². The molecule has 0 aromatic heterocycles. The number of unbranched alkanes of at least 4 members (excludes halogenated alkanes) is 2. The zero-order valence-corrected chi connectivity index (χ0v) is 9.01. The van der Waals surface area contributed by atoms with E-state index in [4.69, 9.17) is 4.52 Å². The maximum Gasteiger partial charge on any atom is 0.504 e. The van der Waals surface area contributed by atoms with E-state index in [0.717, 1.165) is 19.3 Å². The summed E-state index contributed by atoms with van der Waals surface area (Å²) in [4.78, 5) is 10.7. The molecule has 5 heteroatoms. The molecule has 0 fully saturated rings. The first-order valence-electron chi connectivity index (χ1n) is 4.27. The van der Waals surface area contributed by atoms with E-state index in [0.29, 0.717) is 13.0 Å². The fraction of sp³-hybridized carbons (Fsp3) is 0.875.